The fourth-order valence-electron chi connectivity index (χ4n) is 3.38. The second-order valence-corrected chi connectivity index (χ2v) is 21.5. The lowest BCUT2D eigenvalue weighted by atomic mass is 10.2. The summed E-state index contributed by atoms with van der Waals surface area (Å²) in [6.45, 7) is 32.5. The van der Waals surface area contributed by atoms with Gasteiger partial charge in [0.25, 0.3) is 0 Å². The SMILES string of the molecule is CC(C)CNP1(NCC(C)C)=N[P+](NCC(C)C)(NCC(C)C)N=P(NCC(C)C)(NCC(C)C)N1C.[I-]. The van der Waals surface area contributed by atoms with E-state index in [2.05, 4.69) is 125 Å². The van der Waals surface area contributed by atoms with Crippen LogP contribution in [0.5, 0.6) is 0 Å². The van der Waals surface area contributed by atoms with Crippen molar-refractivity contribution in [2.24, 2.45) is 44.5 Å². The number of nitrogens with one attached hydrogen (secondary N) is 6. The predicted molar refractivity (Wildman–Crippen MR) is 170 cm³/mol. The molecule has 0 aromatic rings. The molecule has 0 atom stereocenters. The van der Waals surface area contributed by atoms with Crippen LogP contribution in [0.4, 0.5) is 0 Å². The molecule has 0 unspecified atom stereocenters. The van der Waals surface area contributed by atoms with E-state index in [1.807, 2.05) is 0 Å². The molecule has 13 heteroatoms. The lowest BCUT2D eigenvalue weighted by molar-refractivity contribution is -0.00000984. The second kappa shape index (κ2) is 18.1. The van der Waals surface area contributed by atoms with Gasteiger partial charge in [0.15, 0.2) is 0 Å². The first-order valence-corrected chi connectivity index (χ1v) is 19.6. The summed E-state index contributed by atoms with van der Waals surface area (Å²) in [5, 5.41) is 23.8. The zero-order valence-corrected chi connectivity index (χ0v) is 31.6. The van der Waals surface area contributed by atoms with Gasteiger partial charge in [-0.05, 0) is 44.5 Å². The van der Waals surface area contributed by atoms with Crippen molar-refractivity contribution in [2.75, 3.05) is 46.3 Å². The Hall–Kier alpha value is 1.34. The fourth-order valence-corrected chi connectivity index (χ4v) is 17.6. The van der Waals surface area contributed by atoms with Gasteiger partial charge in [-0.2, -0.15) is 4.44 Å². The first-order chi connectivity index (χ1) is 17.1. The van der Waals surface area contributed by atoms with Gasteiger partial charge < -0.3 is 24.0 Å². The quantitative estimate of drug-likeness (QED) is 0.0947. The molecule has 0 bridgehead atoms. The van der Waals surface area contributed by atoms with Gasteiger partial charge in [0.1, 0.15) is 0 Å². The first kappa shape index (κ1) is 39.3. The van der Waals surface area contributed by atoms with Crippen LogP contribution in [-0.4, -0.2) is 50.8 Å². The molecule has 0 aliphatic carbocycles. The zero-order valence-electron chi connectivity index (χ0n) is 26.8. The van der Waals surface area contributed by atoms with Crippen LogP contribution in [0.2, 0.25) is 0 Å². The van der Waals surface area contributed by atoms with Gasteiger partial charge in [0.2, 0.25) is 15.0 Å². The number of hydrogen-bond acceptors (Lipinski definition) is 9. The minimum Gasteiger partial charge on any atom is -1.00 e. The van der Waals surface area contributed by atoms with Gasteiger partial charge in [-0.15, -0.1) is 10.2 Å². The van der Waals surface area contributed by atoms with Crippen LogP contribution >= 0.6 is 22.9 Å². The van der Waals surface area contributed by atoms with Crippen molar-refractivity contribution < 1.29 is 24.0 Å². The second-order valence-electron chi connectivity index (χ2n) is 13.0. The molecule has 6 N–H and O–H groups in total. The number of hydrogen-bond donors (Lipinski definition) is 6. The molecule has 1 rings (SSSR count). The molecule has 0 aromatic carbocycles. The Balaban J connectivity index is 0.0000137. The third kappa shape index (κ3) is 13.1. The van der Waals surface area contributed by atoms with Crippen LogP contribution in [0, 0.1) is 35.5 Å². The fraction of sp³-hybridized carbons (Fsp3) is 1.00. The van der Waals surface area contributed by atoms with Crippen molar-refractivity contribution in [3.05, 3.63) is 0 Å². The van der Waals surface area contributed by atoms with E-state index in [0.717, 1.165) is 39.3 Å². The Kier molecular flexibility index (Phi) is 18.7. The van der Waals surface area contributed by atoms with Gasteiger partial charge in [0.05, 0.1) is 0 Å². The van der Waals surface area contributed by atoms with E-state index < -0.39 is 22.9 Å². The largest absolute Gasteiger partial charge is 1.00 e. The monoisotopic (exact) mass is 709 g/mol. The highest BCUT2D eigenvalue weighted by atomic mass is 127. The molecule has 0 amide bonds. The molecule has 9 nitrogen and oxygen atoms in total. The van der Waals surface area contributed by atoms with E-state index in [-0.39, 0.29) is 24.0 Å². The summed E-state index contributed by atoms with van der Waals surface area (Å²) in [4.78, 5) is 0. The molecule has 38 heavy (non-hydrogen) atoms. The molecule has 0 spiro atoms. The smallest absolute Gasteiger partial charge is 0.399 e. The lowest BCUT2D eigenvalue weighted by Crippen LogP contribution is -3.00. The van der Waals surface area contributed by atoms with E-state index in [1.165, 1.54) is 0 Å². The lowest BCUT2D eigenvalue weighted by Gasteiger charge is -2.46. The Morgan fingerprint density at radius 1 is 0.500 bits per heavy atom. The van der Waals surface area contributed by atoms with Crippen molar-refractivity contribution in [3.8, 4) is 0 Å². The van der Waals surface area contributed by atoms with E-state index >= 15 is 0 Å². The Morgan fingerprint density at radius 2 is 0.737 bits per heavy atom. The summed E-state index contributed by atoms with van der Waals surface area (Å²) in [5.74, 6) is 3.06. The van der Waals surface area contributed by atoms with Crippen molar-refractivity contribution in [1.82, 2.24) is 35.0 Å². The average Bonchev–Trinajstić information content (AvgIpc) is 2.79. The molecule has 0 fully saturated rings. The normalized spacial score (nSPS) is 18.9. The zero-order chi connectivity index (χ0) is 28.4. The van der Waals surface area contributed by atoms with Crippen molar-refractivity contribution in [3.63, 3.8) is 0 Å². The van der Waals surface area contributed by atoms with Crippen molar-refractivity contribution >= 4 is 22.9 Å². The Bertz CT molecular complexity index is 679. The standard InChI is InChI=1S/C25H63N9P3.HI/c1-20(2)14-26-35(27-15-21(3)4)32-36(28-16-22(5)6,29-17-23(7)8)34(13)37(33-35,30-18-24(9)10)31-19-25(11)12;/h20-31H,14-19H2,1-13H3;1H/q+1;/p-1. The maximum Gasteiger partial charge on any atom is 0.399 e. The van der Waals surface area contributed by atoms with E-state index in [0.29, 0.717) is 35.5 Å². The topological polar surface area (TPSA) is 100 Å². The number of rotatable bonds is 18. The minimum absolute atomic E-state index is 0. The molecular weight excluding hydrogens is 646 g/mol. The van der Waals surface area contributed by atoms with Crippen LogP contribution < -0.4 is 54.5 Å². The third-order valence-corrected chi connectivity index (χ3v) is 16.8. The highest BCUT2D eigenvalue weighted by Gasteiger charge is 2.54. The van der Waals surface area contributed by atoms with Crippen LogP contribution in [0.3, 0.4) is 0 Å². The summed E-state index contributed by atoms with van der Waals surface area (Å²) in [6, 6.07) is 0. The highest BCUT2D eigenvalue weighted by Crippen LogP contribution is 2.77. The molecule has 1 heterocycles. The van der Waals surface area contributed by atoms with Crippen molar-refractivity contribution in [1.29, 1.82) is 0 Å². The summed E-state index contributed by atoms with van der Waals surface area (Å²) < 4.78 is 14.0. The molecular formula is C25H63IN9P3. The van der Waals surface area contributed by atoms with Gasteiger partial charge in [-0.3, -0.25) is 20.3 Å². The highest BCUT2D eigenvalue weighted by molar-refractivity contribution is 7.88. The van der Waals surface area contributed by atoms with Gasteiger partial charge in [-0.1, -0.05) is 83.1 Å². The first-order valence-electron chi connectivity index (χ1n) is 14.5. The van der Waals surface area contributed by atoms with Crippen LogP contribution in [-0.2, 0) is 0 Å². The van der Waals surface area contributed by atoms with Gasteiger partial charge in [-0.25, -0.2) is 0 Å². The van der Waals surface area contributed by atoms with Crippen LogP contribution in [0.15, 0.2) is 9.03 Å². The van der Waals surface area contributed by atoms with Crippen LogP contribution in [0.25, 0.3) is 0 Å². The molecule has 0 radical (unpaired) electrons. The van der Waals surface area contributed by atoms with Gasteiger partial charge in [0, 0.05) is 46.3 Å². The van der Waals surface area contributed by atoms with Gasteiger partial charge >= 0.3 is 7.87 Å². The van der Waals surface area contributed by atoms with Crippen LogP contribution in [0.1, 0.15) is 83.1 Å². The summed E-state index contributed by atoms with van der Waals surface area (Å²) >= 11 is 0. The molecule has 1 aliphatic heterocycles. The maximum absolute atomic E-state index is 5.75. The summed E-state index contributed by atoms with van der Waals surface area (Å²) in [6.07, 6.45) is 0. The molecule has 0 saturated carbocycles. The summed E-state index contributed by atoms with van der Waals surface area (Å²) in [5.41, 5.74) is 0. The maximum atomic E-state index is 5.75. The molecule has 0 saturated heterocycles. The Labute approximate surface area is 254 Å². The number of halogens is 1. The van der Waals surface area contributed by atoms with E-state index in [1.54, 1.807) is 0 Å². The predicted octanol–water partition coefficient (Wildman–Crippen LogP) is 3.98. The average molecular weight is 710 g/mol. The summed E-state index contributed by atoms with van der Waals surface area (Å²) in [7, 11) is -4.95. The van der Waals surface area contributed by atoms with Crippen molar-refractivity contribution in [2.45, 2.75) is 83.1 Å². The molecule has 1 aliphatic rings. The number of nitrogens with zero attached hydrogens (tertiary/aromatic N) is 3. The van der Waals surface area contributed by atoms with E-state index in [9.17, 15) is 0 Å². The third-order valence-electron chi connectivity index (χ3n) is 5.68. The molecule has 230 valence electrons. The molecule has 0 aromatic heterocycles. The Morgan fingerprint density at radius 3 is 0.947 bits per heavy atom. The minimum atomic E-state index is -2.46. The van der Waals surface area contributed by atoms with E-state index in [4.69, 9.17) is 9.03 Å².